The van der Waals surface area contributed by atoms with Gasteiger partial charge in [0.1, 0.15) is 11.6 Å². The van der Waals surface area contributed by atoms with Crippen LogP contribution in [-0.2, 0) is 0 Å². The smallest absolute Gasteiger partial charge is 0.342 e. The van der Waals surface area contributed by atoms with Crippen molar-refractivity contribution in [2.24, 2.45) is 0 Å². The molecule has 3 aromatic heterocycles. The van der Waals surface area contributed by atoms with Crippen LogP contribution in [-0.4, -0.2) is 29.5 Å². The highest BCUT2D eigenvalue weighted by molar-refractivity contribution is 5.81. The third-order valence-electron chi connectivity index (χ3n) is 4.56. The van der Waals surface area contributed by atoms with E-state index in [0.717, 1.165) is 45.0 Å². The topological polar surface area (TPSA) is 92.2 Å². The Kier molecular flexibility index (Phi) is 3.24. The zero-order valence-corrected chi connectivity index (χ0v) is 14.8. The van der Waals surface area contributed by atoms with Crippen molar-refractivity contribution in [1.82, 2.24) is 29.5 Å². The maximum atomic E-state index is 12.6. The summed E-state index contributed by atoms with van der Waals surface area (Å²) in [5, 5.41) is 0. The fourth-order valence-electron chi connectivity index (χ4n) is 3.32. The van der Waals surface area contributed by atoms with Crippen LogP contribution in [0, 0.1) is 13.8 Å². The number of hydrogen-bond donors (Lipinski definition) is 2. The summed E-state index contributed by atoms with van der Waals surface area (Å²) in [6.07, 6.45) is 1.74. The van der Waals surface area contributed by atoms with Gasteiger partial charge in [0, 0.05) is 11.8 Å². The van der Waals surface area contributed by atoms with Gasteiger partial charge in [-0.05, 0) is 50.2 Å². The zero-order chi connectivity index (χ0) is 18.5. The fourth-order valence-corrected chi connectivity index (χ4v) is 3.32. The maximum Gasteiger partial charge on any atom is 0.352 e. The molecule has 0 unspecified atom stereocenters. The monoisotopic (exact) mass is 356 g/mol. The summed E-state index contributed by atoms with van der Waals surface area (Å²) in [6, 6.07) is 13.3. The Bertz CT molecular complexity index is 1370. The molecule has 0 spiro atoms. The second-order valence-corrected chi connectivity index (χ2v) is 6.54. The third kappa shape index (κ3) is 2.60. The molecule has 0 aliphatic carbocycles. The van der Waals surface area contributed by atoms with Gasteiger partial charge in [0.2, 0.25) is 0 Å². The first-order valence-corrected chi connectivity index (χ1v) is 8.60. The van der Waals surface area contributed by atoms with E-state index in [9.17, 15) is 4.79 Å². The van der Waals surface area contributed by atoms with E-state index in [1.165, 1.54) is 4.57 Å². The summed E-state index contributed by atoms with van der Waals surface area (Å²) in [7, 11) is 0. The van der Waals surface area contributed by atoms with Crippen LogP contribution >= 0.6 is 0 Å². The van der Waals surface area contributed by atoms with Gasteiger partial charge < -0.3 is 9.97 Å². The molecule has 0 aliphatic rings. The van der Waals surface area contributed by atoms with E-state index in [0.29, 0.717) is 5.69 Å². The third-order valence-corrected chi connectivity index (χ3v) is 4.56. The molecule has 0 saturated heterocycles. The Labute approximate surface area is 153 Å². The van der Waals surface area contributed by atoms with Gasteiger partial charge in [0.25, 0.3) is 0 Å². The maximum absolute atomic E-state index is 12.6. The van der Waals surface area contributed by atoms with Gasteiger partial charge in [-0.2, -0.15) is 4.98 Å². The summed E-state index contributed by atoms with van der Waals surface area (Å²) in [5.41, 5.74) is 5.46. The van der Waals surface area contributed by atoms with E-state index in [-0.39, 0.29) is 5.69 Å². The number of hydrogen-bond acceptors (Lipinski definition) is 4. The van der Waals surface area contributed by atoms with Crippen LogP contribution in [0.3, 0.4) is 0 Å². The van der Waals surface area contributed by atoms with E-state index >= 15 is 0 Å². The van der Waals surface area contributed by atoms with Gasteiger partial charge in [-0.3, -0.25) is 4.57 Å². The van der Waals surface area contributed by atoms with E-state index in [4.69, 9.17) is 0 Å². The predicted molar refractivity (Wildman–Crippen MR) is 104 cm³/mol. The molecule has 3 heterocycles. The molecule has 2 aromatic carbocycles. The number of benzene rings is 2. The molecule has 7 heteroatoms. The highest BCUT2D eigenvalue weighted by Gasteiger charge is 2.08. The van der Waals surface area contributed by atoms with Gasteiger partial charge in [-0.25, -0.2) is 14.8 Å². The van der Waals surface area contributed by atoms with E-state index in [1.54, 1.807) is 6.20 Å². The second kappa shape index (κ2) is 5.63. The lowest BCUT2D eigenvalue weighted by atomic mass is 10.1. The van der Waals surface area contributed by atoms with Crippen LogP contribution in [0.4, 0.5) is 0 Å². The molecule has 0 atom stereocenters. The Hall–Kier alpha value is -3.74. The van der Waals surface area contributed by atoms with Gasteiger partial charge in [-0.15, -0.1) is 0 Å². The van der Waals surface area contributed by atoms with Gasteiger partial charge >= 0.3 is 5.69 Å². The number of aromatic amines is 2. The lowest BCUT2D eigenvalue weighted by Gasteiger charge is -2.06. The molecule has 0 bridgehead atoms. The summed E-state index contributed by atoms with van der Waals surface area (Å²) in [4.78, 5) is 32.1. The summed E-state index contributed by atoms with van der Waals surface area (Å²) < 4.78 is 1.52. The Morgan fingerprint density at radius 1 is 0.815 bits per heavy atom. The van der Waals surface area contributed by atoms with Gasteiger partial charge in [0.15, 0.2) is 0 Å². The zero-order valence-electron chi connectivity index (χ0n) is 14.8. The highest BCUT2D eigenvalue weighted by atomic mass is 16.1. The van der Waals surface area contributed by atoms with E-state index in [2.05, 4.69) is 24.9 Å². The first-order valence-electron chi connectivity index (χ1n) is 8.60. The van der Waals surface area contributed by atoms with Crippen LogP contribution in [0.15, 0.2) is 53.5 Å². The number of aromatic nitrogens is 6. The molecule has 5 aromatic rings. The van der Waals surface area contributed by atoms with Crippen LogP contribution in [0.25, 0.3) is 39.0 Å². The van der Waals surface area contributed by atoms with Gasteiger partial charge in [0.05, 0.1) is 33.4 Å². The van der Waals surface area contributed by atoms with Crippen LogP contribution in [0.1, 0.15) is 11.6 Å². The summed E-state index contributed by atoms with van der Waals surface area (Å²) in [5.74, 6) is 1.70. The molecule has 132 valence electrons. The lowest BCUT2D eigenvalue weighted by Crippen LogP contribution is -2.20. The first-order chi connectivity index (χ1) is 13.1. The van der Waals surface area contributed by atoms with Crippen molar-refractivity contribution in [1.29, 1.82) is 0 Å². The minimum atomic E-state index is -0.336. The lowest BCUT2D eigenvalue weighted by molar-refractivity contribution is 0.919. The minimum Gasteiger partial charge on any atom is -0.342 e. The van der Waals surface area contributed by atoms with E-state index in [1.807, 2.05) is 56.3 Å². The molecule has 5 rings (SSSR count). The molecular weight excluding hydrogens is 340 g/mol. The molecule has 0 saturated carbocycles. The quantitative estimate of drug-likeness (QED) is 0.508. The number of H-pyrrole nitrogens is 2. The van der Waals surface area contributed by atoms with E-state index < -0.39 is 0 Å². The molecular formula is C20H16N6O. The molecule has 0 amide bonds. The first kappa shape index (κ1) is 15.5. The molecule has 0 fully saturated rings. The van der Waals surface area contributed by atoms with Crippen molar-refractivity contribution in [3.8, 4) is 16.9 Å². The molecule has 0 radical (unpaired) electrons. The van der Waals surface area contributed by atoms with Crippen LogP contribution in [0.5, 0.6) is 0 Å². The van der Waals surface area contributed by atoms with Crippen molar-refractivity contribution < 1.29 is 0 Å². The van der Waals surface area contributed by atoms with Crippen molar-refractivity contribution in [3.05, 3.63) is 70.8 Å². The van der Waals surface area contributed by atoms with Crippen LogP contribution in [0.2, 0.25) is 0 Å². The van der Waals surface area contributed by atoms with Crippen molar-refractivity contribution >= 4 is 22.1 Å². The molecule has 27 heavy (non-hydrogen) atoms. The normalized spacial score (nSPS) is 11.5. The van der Waals surface area contributed by atoms with Crippen molar-refractivity contribution in [2.45, 2.75) is 13.8 Å². The average Bonchev–Trinajstić information content (AvgIpc) is 3.20. The number of nitrogens with zero attached hydrogens (tertiary/aromatic N) is 4. The summed E-state index contributed by atoms with van der Waals surface area (Å²) >= 11 is 0. The SMILES string of the molecule is Cc1nc2cc(-c3ccn(-c4ccc5[nH]c(C)nc5c4)c(=O)n3)ccc2[nH]1. The number of imidazole rings is 2. The largest absolute Gasteiger partial charge is 0.352 e. The summed E-state index contributed by atoms with van der Waals surface area (Å²) in [6.45, 7) is 3.82. The second-order valence-electron chi connectivity index (χ2n) is 6.54. The Morgan fingerprint density at radius 2 is 1.48 bits per heavy atom. The minimum absolute atomic E-state index is 0.336. The van der Waals surface area contributed by atoms with Crippen molar-refractivity contribution in [3.63, 3.8) is 0 Å². The molecule has 2 N–H and O–H groups in total. The van der Waals surface area contributed by atoms with Crippen molar-refractivity contribution in [2.75, 3.05) is 0 Å². The highest BCUT2D eigenvalue weighted by Crippen LogP contribution is 2.22. The number of fused-ring (bicyclic) bond motifs is 2. The number of nitrogens with one attached hydrogen (secondary N) is 2. The standard InChI is InChI=1S/C20H16N6O/c1-11-21-16-5-3-13(9-18(16)23-11)15-7-8-26(20(27)25-15)14-4-6-17-19(10-14)24-12(2)22-17/h3-10H,1-2H3,(H,21,23)(H,22,24). The Balaban J connectivity index is 1.58. The molecule has 0 aliphatic heterocycles. The Morgan fingerprint density at radius 3 is 2.19 bits per heavy atom. The molecule has 7 nitrogen and oxygen atoms in total. The van der Waals surface area contributed by atoms with Gasteiger partial charge in [-0.1, -0.05) is 6.07 Å². The van der Waals surface area contributed by atoms with Crippen LogP contribution < -0.4 is 5.69 Å². The number of rotatable bonds is 2. The predicted octanol–water partition coefficient (Wildman–Crippen LogP) is 3.27. The average molecular weight is 356 g/mol. The number of aryl methyl sites for hydroxylation is 2. The fraction of sp³-hybridized carbons (Fsp3) is 0.100.